The van der Waals surface area contributed by atoms with Crippen molar-refractivity contribution in [3.63, 3.8) is 0 Å². The first-order valence-corrected chi connectivity index (χ1v) is 5.71. The van der Waals surface area contributed by atoms with Gasteiger partial charge in [0.15, 0.2) is 0 Å². The molecule has 0 aromatic carbocycles. The molecule has 0 aliphatic carbocycles. The first-order chi connectivity index (χ1) is 7.27. The highest BCUT2D eigenvalue weighted by atomic mass is 15.2. The Balaban J connectivity index is 2.46. The van der Waals surface area contributed by atoms with E-state index in [0.717, 1.165) is 19.6 Å². The molecule has 0 amide bonds. The van der Waals surface area contributed by atoms with Gasteiger partial charge in [-0.3, -0.25) is 4.90 Å². The van der Waals surface area contributed by atoms with Crippen molar-refractivity contribution in [2.45, 2.75) is 25.8 Å². The number of azide groups is 1. The van der Waals surface area contributed by atoms with Crippen LogP contribution in [0.4, 0.5) is 0 Å². The highest BCUT2D eigenvalue weighted by Gasteiger charge is 2.20. The molecule has 1 atom stereocenters. The summed E-state index contributed by atoms with van der Waals surface area (Å²) in [6, 6.07) is 0.617. The van der Waals surface area contributed by atoms with E-state index < -0.39 is 0 Å². The Morgan fingerprint density at radius 2 is 2.27 bits per heavy atom. The molecule has 1 aliphatic rings. The van der Waals surface area contributed by atoms with Crippen LogP contribution < -0.4 is 0 Å². The van der Waals surface area contributed by atoms with Crippen molar-refractivity contribution in [2.24, 2.45) is 5.11 Å². The monoisotopic (exact) mass is 211 g/mol. The largest absolute Gasteiger partial charge is 0.305 e. The Labute approximate surface area is 91.7 Å². The van der Waals surface area contributed by atoms with Gasteiger partial charge in [-0.05, 0) is 38.5 Å². The summed E-state index contributed by atoms with van der Waals surface area (Å²) >= 11 is 0. The van der Waals surface area contributed by atoms with E-state index in [9.17, 15) is 0 Å². The van der Waals surface area contributed by atoms with E-state index >= 15 is 0 Å². The van der Waals surface area contributed by atoms with E-state index in [2.05, 4.69) is 33.8 Å². The standard InChI is InChI=1S/C10H21N5/c1-3-10-9-14(2)6-4-7-15(10)8-5-12-13-11/h10H,3-9H2,1-2H3. The van der Waals surface area contributed by atoms with Crippen molar-refractivity contribution in [2.75, 3.05) is 39.8 Å². The third kappa shape index (κ3) is 4.08. The first kappa shape index (κ1) is 12.3. The van der Waals surface area contributed by atoms with Gasteiger partial charge in [-0.15, -0.1) is 0 Å². The van der Waals surface area contributed by atoms with Crippen LogP contribution in [-0.4, -0.2) is 55.6 Å². The summed E-state index contributed by atoms with van der Waals surface area (Å²) in [4.78, 5) is 7.64. The van der Waals surface area contributed by atoms with Crippen LogP contribution in [0.25, 0.3) is 10.4 Å². The van der Waals surface area contributed by atoms with Gasteiger partial charge in [-0.2, -0.15) is 0 Å². The second kappa shape index (κ2) is 6.67. The number of hydrogen-bond acceptors (Lipinski definition) is 3. The molecule has 1 heterocycles. The average Bonchev–Trinajstić information content (AvgIpc) is 2.41. The second-order valence-electron chi connectivity index (χ2n) is 4.17. The predicted octanol–water partition coefficient (Wildman–Crippen LogP) is 1.71. The van der Waals surface area contributed by atoms with Crippen molar-refractivity contribution >= 4 is 0 Å². The molecule has 5 nitrogen and oxygen atoms in total. The van der Waals surface area contributed by atoms with Crippen LogP contribution in [0.15, 0.2) is 5.11 Å². The molecule has 1 fully saturated rings. The third-order valence-corrected chi connectivity index (χ3v) is 3.05. The zero-order chi connectivity index (χ0) is 11.1. The molecule has 86 valence electrons. The molecule has 0 saturated carbocycles. The molecule has 1 aliphatic heterocycles. The summed E-state index contributed by atoms with van der Waals surface area (Å²) in [5.41, 5.74) is 8.25. The first-order valence-electron chi connectivity index (χ1n) is 5.71. The zero-order valence-electron chi connectivity index (χ0n) is 9.76. The van der Waals surface area contributed by atoms with Gasteiger partial charge < -0.3 is 4.90 Å². The average molecular weight is 211 g/mol. The molecular weight excluding hydrogens is 190 g/mol. The van der Waals surface area contributed by atoms with Crippen molar-refractivity contribution in [1.29, 1.82) is 0 Å². The van der Waals surface area contributed by atoms with Gasteiger partial charge in [0.05, 0.1) is 0 Å². The lowest BCUT2D eigenvalue weighted by Gasteiger charge is -2.29. The molecule has 1 saturated heterocycles. The topological polar surface area (TPSA) is 55.2 Å². The van der Waals surface area contributed by atoms with Crippen LogP contribution >= 0.6 is 0 Å². The van der Waals surface area contributed by atoms with Gasteiger partial charge in [-0.25, -0.2) is 0 Å². The van der Waals surface area contributed by atoms with E-state index in [0.29, 0.717) is 12.6 Å². The van der Waals surface area contributed by atoms with Gasteiger partial charge in [0.25, 0.3) is 0 Å². The molecular formula is C10H21N5. The fourth-order valence-electron chi connectivity index (χ4n) is 2.19. The zero-order valence-corrected chi connectivity index (χ0v) is 9.76. The predicted molar refractivity (Wildman–Crippen MR) is 61.8 cm³/mol. The van der Waals surface area contributed by atoms with Crippen LogP contribution in [0.1, 0.15) is 19.8 Å². The summed E-state index contributed by atoms with van der Waals surface area (Å²) in [6.45, 7) is 7.16. The van der Waals surface area contributed by atoms with Crippen LogP contribution in [0.2, 0.25) is 0 Å². The number of rotatable bonds is 4. The summed E-state index contributed by atoms with van der Waals surface area (Å²) in [7, 11) is 2.18. The molecule has 1 unspecified atom stereocenters. The summed E-state index contributed by atoms with van der Waals surface area (Å²) in [6.07, 6.45) is 2.38. The van der Waals surface area contributed by atoms with Crippen LogP contribution in [0, 0.1) is 0 Å². The Morgan fingerprint density at radius 1 is 1.47 bits per heavy atom. The minimum atomic E-state index is 0.594. The van der Waals surface area contributed by atoms with Crippen LogP contribution in [0.3, 0.4) is 0 Å². The summed E-state index contributed by atoms with van der Waals surface area (Å²) < 4.78 is 0. The quantitative estimate of drug-likeness (QED) is 0.404. The maximum absolute atomic E-state index is 8.25. The van der Waals surface area contributed by atoms with Gasteiger partial charge in [0, 0.05) is 30.6 Å². The van der Waals surface area contributed by atoms with Crippen LogP contribution in [-0.2, 0) is 0 Å². The van der Waals surface area contributed by atoms with Gasteiger partial charge in [0.2, 0.25) is 0 Å². The number of likely N-dealkylation sites (N-methyl/N-ethyl adjacent to an activating group) is 1. The maximum atomic E-state index is 8.25. The van der Waals surface area contributed by atoms with E-state index in [1.807, 2.05) is 0 Å². The van der Waals surface area contributed by atoms with Crippen molar-refractivity contribution in [1.82, 2.24) is 9.80 Å². The Bertz CT molecular complexity index is 224. The van der Waals surface area contributed by atoms with Crippen molar-refractivity contribution in [3.05, 3.63) is 10.4 Å². The highest BCUT2D eigenvalue weighted by Crippen LogP contribution is 2.11. The van der Waals surface area contributed by atoms with Gasteiger partial charge >= 0.3 is 0 Å². The third-order valence-electron chi connectivity index (χ3n) is 3.05. The summed E-state index contributed by atoms with van der Waals surface area (Å²) in [5.74, 6) is 0. The lowest BCUT2D eigenvalue weighted by Crippen LogP contribution is -2.40. The number of hydrogen-bond donors (Lipinski definition) is 0. The number of nitrogens with zero attached hydrogens (tertiary/aromatic N) is 5. The molecule has 0 radical (unpaired) electrons. The highest BCUT2D eigenvalue weighted by molar-refractivity contribution is 4.78. The van der Waals surface area contributed by atoms with E-state index in [-0.39, 0.29) is 0 Å². The van der Waals surface area contributed by atoms with Gasteiger partial charge in [0.1, 0.15) is 0 Å². The molecule has 15 heavy (non-hydrogen) atoms. The smallest absolute Gasteiger partial charge is 0.0385 e. The van der Waals surface area contributed by atoms with E-state index in [1.54, 1.807) is 0 Å². The van der Waals surface area contributed by atoms with Gasteiger partial charge in [-0.1, -0.05) is 12.0 Å². The van der Waals surface area contributed by atoms with Crippen LogP contribution in [0.5, 0.6) is 0 Å². The maximum Gasteiger partial charge on any atom is 0.0385 e. The second-order valence-corrected chi connectivity index (χ2v) is 4.17. The lowest BCUT2D eigenvalue weighted by molar-refractivity contribution is 0.188. The minimum Gasteiger partial charge on any atom is -0.305 e. The Morgan fingerprint density at radius 3 is 2.93 bits per heavy atom. The molecule has 0 aromatic rings. The van der Waals surface area contributed by atoms with E-state index in [1.165, 1.54) is 19.4 Å². The molecule has 1 rings (SSSR count). The lowest BCUT2D eigenvalue weighted by atomic mass is 10.2. The SMILES string of the molecule is CCC1CN(C)CCCN1CCN=[N+]=[N-]. The van der Waals surface area contributed by atoms with E-state index in [4.69, 9.17) is 5.53 Å². The molecule has 0 N–H and O–H groups in total. The molecule has 5 heteroatoms. The fourth-order valence-corrected chi connectivity index (χ4v) is 2.19. The van der Waals surface area contributed by atoms with Crippen molar-refractivity contribution in [3.8, 4) is 0 Å². The molecule has 0 aromatic heterocycles. The Kier molecular flexibility index (Phi) is 5.47. The fraction of sp³-hybridized carbons (Fsp3) is 1.00. The minimum absolute atomic E-state index is 0.594. The normalized spacial score (nSPS) is 24.5. The Hall–Kier alpha value is -0.770. The summed E-state index contributed by atoms with van der Waals surface area (Å²) in [5, 5.41) is 3.61. The van der Waals surface area contributed by atoms with Crippen molar-refractivity contribution < 1.29 is 0 Å². The molecule has 0 bridgehead atoms. The molecule has 0 spiro atoms.